The van der Waals surface area contributed by atoms with Crippen LogP contribution < -0.4 is 0 Å². The molecule has 1 aliphatic rings. The molecular weight excluding hydrogens is 278 g/mol. The Morgan fingerprint density at radius 1 is 1.30 bits per heavy atom. The Balaban J connectivity index is 2.12. The smallest absolute Gasteiger partial charge is 0.341 e. The van der Waals surface area contributed by atoms with Gasteiger partial charge in [0.25, 0.3) is 0 Å². The van der Waals surface area contributed by atoms with Crippen molar-refractivity contribution in [2.75, 3.05) is 0 Å². The summed E-state index contributed by atoms with van der Waals surface area (Å²) in [4.78, 5) is 11.6. The SMILES string of the molecule is O=C(O)c1c(-c2ccccc2Cl)noc1C1CCCC1. The Morgan fingerprint density at radius 2 is 2.00 bits per heavy atom. The molecule has 1 N–H and O–H groups in total. The molecular formula is C15H14ClNO3. The van der Waals surface area contributed by atoms with Gasteiger partial charge in [0.05, 0.1) is 5.02 Å². The van der Waals surface area contributed by atoms with E-state index in [-0.39, 0.29) is 11.5 Å². The fourth-order valence-corrected chi connectivity index (χ4v) is 3.04. The van der Waals surface area contributed by atoms with Crippen LogP contribution in [-0.2, 0) is 0 Å². The highest BCUT2D eigenvalue weighted by atomic mass is 35.5. The molecule has 4 nitrogen and oxygen atoms in total. The van der Waals surface area contributed by atoms with E-state index in [0.29, 0.717) is 22.0 Å². The molecule has 0 bridgehead atoms. The molecule has 1 saturated carbocycles. The van der Waals surface area contributed by atoms with Crippen molar-refractivity contribution in [3.8, 4) is 11.3 Å². The fourth-order valence-electron chi connectivity index (χ4n) is 2.81. The number of carboxylic acids is 1. The van der Waals surface area contributed by atoms with Crippen LogP contribution in [0.25, 0.3) is 11.3 Å². The standard InChI is InChI=1S/C15H14ClNO3/c16-11-8-4-3-7-10(11)13-12(15(18)19)14(20-17-13)9-5-1-2-6-9/h3-4,7-9H,1-2,5-6H2,(H,18,19). The molecule has 1 aromatic carbocycles. The minimum absolute atomic E-state index is 0.157. The maximum absolute atomic E-state index is 11.6. The van der Waals surface area contributed by atoms with Crippen molar-refractivity contribution in [2.45, 2.75) is 31.6 Å². The molecule has 0 radical (unpaired) electrons. The van der Waals surface area contributed by atoms with Gasteiger partial charge in [0.1, 0.15) is 11.3 Å². The van der Waals surface area contributed by atoms with Crippen molar-refractivity contribution in [2.24, 2.45) is 0 Å². The van der Waals surface area contributed by atoms with E-state index >= 15 is 0 Å². The lowest BCUT2D eigenvalue weighted by Crippen LogP contribution is -2.04. The molecule has 1 heterocycles. The number of nitrogens with zero attached hydrogens (tertiary/aromatic N) is 1. The summed E-state index contributed by atoms with van der Waals surface area (Å²) in [5.41, 5.74) is 1.08. The third kappa shape index (κ3) is 2.20. The quantitative estimate of drug-likeness (QED) is 0.913. The summed E-state index contributed by atoms with van der Waals surface area (Å²) in [6, 6.07) is 7.07. The molecule has 0 aliphatic heterocycles. The summed E-state index contributed by atoms with van der Waals surface area (Å²) in [6.07, 6.45) is 4.12. The van der Waals surface area contributed by atoms with Gasteiger partial charge in [-0.15, -0.1) is 0 Å². The first-order chi connectivity index (χ1) is 9.68. The van der Waals surface area contributed by atoms with E-state index in [1.165, 1.54) is 0 Å². The summed E-state index contributed by atoms with van der Waals surface area (Å²) in [5.74, 6) is -0.363. The van der Waals surface area contributed by atoms with Crippen LogP contribution in [0.5, 0.6) is 0 Å². The van der Waals surface area contributed by atoms with Gasteiger partial charge in [-0.3, -0.25) is 0 Å². The van der Waals surface area contributed by atoms with E-state index in [1.807, 2.05) is 0 Å². The van der Waals surface area contributed by atoms with E-state index in [9.17, 15) is 9.90 Å². The maximum Gasteiger partial charge on any atom is 0.341 e. The zero-order valence-electron chi connectivity index (χ0n) is 10.8. The van der Waals surface area contributed by atoms with Crippen molar-refractivity contribution in [1.29, 1.82) is 0 Å². The highest BCUT2D eigenvalue weighted by molar-refractivity contribution is 6.33. The van der Waals surface area contributed by atoms with E-state index in [0.717, 1.165) is 25.7 Å². The number of benzene rings is 1. The molecule has 0 saturated heterocycles. The molecule has 2 aromatic rings. The van der Waals surface area contributed by atoms with Crippen LogP contribution in [0.2, 0.25) is 5.02 Å². The maximum atomic E-state index is 11.6. The van der Waals surface area contributed by atoms with Crippen LogP contribution in [0.3, 0.4) is 0 Å². The molecule has 20 heavy (non-hydrogen) atoms. The Morgan fingerprint density at radius 3 is 2.65 bits per heavy atom. The lowest BCUT2D eigenvalue weighted by Gasteiger charge is -2.06. The highest BCUT2D eigenvalue weighted by Crippen LogP contribution is 2.40. The van der Waals surface area contributed by atoms with Gasteiger partial charge in [-0.25, -0.2) is 4.79 Å². The number of aromatic nitrogens is 1. The predicted octanol–water partition coefficient (Wildman–Crippen LogP) is 4.35. The number of hydrogen-bond acceptors (Lipinski definition) is 3. The Kier molecular flexibility index (Phi) is 3.49. The van der Waals surface area contributed by atoms with Crippen LogP contribution >= 0.6 is 11.6 Å². The van der Waals surface area contributed by atoms with Crippen LogP contribution in [0, 0.1) is 0 Å². The first kappa shape index (κ1) is 13.2. The first-order valence-corrected chi connectivity index (χ1v) is 7.04. The molecule has 0 amide bonds. The minimum Gasteiger partial charge on any atom is -0.477 e. The van der Waals surface area contributed by atoms with Gasteiger partial charge < -0.3 is 9.63 Å². The largest absolute Gasteiger partial charge is 0.477 e. The summed E-state index contributed by atoms with van der Waals surface area (Å²) >= 11 is 6.13. The Labute approximate surface area is 121 Å². The molecule has 0 spiro atoms. The number of hydrogen-bond donors (Lipinski definition) is 1. The van der Waals surface area contributed by atoms with Crippen LogP contribution in [0.1, 0.15) is 47.7 Å². The number of carboxylic acid groups (broad SMARTS) is 1. The third-order valence-electron chi connectivity index (χ3n) is 3.79. The van der Waals surface area contributed by atoms with Gasteiger partial charge >= 0.3 is 5.97 Å². The molecule has 0 unspecified atom stereocenters. The third-order valence-corrected chi connectivity index (χ3v) is 4.12. The minimum atomic E-state index is -1.01. The van der Waals surface area contributed by atoms with E-state index in [2.05, 4.69) is 5.16 Å². The number of carbonyl (C=O) groups is 1. The summed E-state index contributed by atoms with van der Waals surface area (Å²) in [6.45, 7) is 0. The molecule has 3 rings (SSSR count). The number of halogens is 1. The first-order valence-electron chi connectivity index (χ1n) is 6.66. The van der Waals surface area contributed by atoms with Crippen LogP contribution in [-0.4, -0.2) is 16.2 Å². The van der Waals surface area contributed by atoms with E-state index in [4.69, 9.17) is 16.1 Å². The lowest BCUT2D eigenvalue weighted by atomic mass is 9.97. The van der Waals surface area contributed by atoms with Crippen molar-refractivity contribution in [1.82, 2.24) is 5.16 Å². The number of rotatable bonds is 3. The Hall–Kier alpha value is -1.81. The second kappa shape index (κ2) is 5.29. The topological polar surface area (TPSA) is 63.3 Å². The normalized spacial score (nSPS) is 15.7. The predicted molar refractivity (Wildman–Crippen MR) is 75.1 cm³/mol. The Bertz CT molecular complexity index is 644. The molecule has 104 valence electrons. The zero-order valence-corrected chi connectivity index (χ0v) is 11.6. The average molecular weight is 292 g/mol. The van der Waals surface area contributed by atoms with Gasteiger partial charge in [-0.2, -0.15) is 0 Å². The van der Waals surface area contributed by atoms with Crippen molar-refractivity contribution >= 4 is 17.6 Å². The van der Waals surface area contributed by atoms with Crippen molar-refractivity contribution < 1.29 is 14.4 Å². The average Bonchev–Trinajstić information content (AvgIpc) is 3.07. The second-order valence-corrected chi connectivity index (χ2v) is 5.44. The highest BCUT2D eigenvalue weighted by Gasteiger charge is 2.31. The van der Waals surface area contributed by atoms with Crippen LogP contribution in [0.4, 0.5) is 0 Å². The summed E-state index contributed by atoms with van der Waals surface area (Å²) in [7, 11) is 0. The second-order valence-electron chi connectivity index (χ2n) is 5.04. The van der Waals surface area contributed by atoms with Crippen LogP contribution in [0.15, 0.2) is 28.8 Å². The van der Waals surface area contributed by atoms with Gasteiger partial charge in [0.15, 0.2) is 5.76 Å². The molecule has 1 aromatic heterocycles. The number of aromatic carboxylic acids is 1. The van der Waals surface area contributed by atoms with Crippen molar-refractivity contribution in [3.05, 3.63) is 40.6 Å². The molecule has 5 heteroatoms. The summed E-state index contributed by atoms with van der Waals surface area (Å²) < 4.78 is 5.36. The lowest BCUT2D eigenvalue weighted by molar-refractivity contribution is 0.0694. The zero-order chi connectivity index (χ0) is 14.1. The summed E-state index contributed by atoms with van der Waals surface area (Å²) in [5, 5.41) is 14.0. The van der Waals surface area contributed by atoms with Crippen molar-refractivity contribution in [3.63, 3.8) is 0 Å². The van der Waals surface area contributed by atoms with E-state index < -0.39 is 5.97 Å². The van der Waals surface area contributed by atoms with Gasteiger partial charge in [-0.05, 0) is 18.9 Å². The van der Waals surface area contributed by atoms with E-state index in [1.54, 1.807) is 24.3 Å². The molecule has 1 fully saturated rings. The molecule has 1 aliphatic carbocycles. The molecule has 0 atom stereocenters. The van der Waals surface area contributed by atoms with Gasteiger partial charge in [0.2, 0.25) is 0 Å². The monoisotopic (exact) mass is 291 g/mol. The van der Waals surface area contributed by atoms with Gasteiger partial charge in [0, 0.05) is 11.5 Å². The van der Waals surface area contributed by atoms with Gasteiger partial charge in [-0.1, -0.05) is 47.8 Å². The fraction of sp³-hybridized carbons (Fsp3) is 0.333.